The molecule has 1 aliphatic carbocycles. The number of hydrogen-bond donors (Lipinski definition) is 0. The molecule has 0 amide bonds. The summed E-state index contributed by atoms with van der Waals surface area (Å²) in [6.07, 6.45) is 1.60. The van der Waals surface area contributed by atoms with Gasteiger partial charge in [-0.15, -0.1) is 0 Å². The van der Waals surface area contributed by atoms with Crippen LogP contribution in [0, 0.1) is 22.6 Å². The summed E-state index contributed by atoms with van der Waals surface area (Å²) in [6.45, 7) is 3.56. The van der Waals surface area contributed by atoms with Crippen LogP contribution in [0.5, 0.6) is 5.75 Å². The zero-order chi connectivity index (χ0) is 21.6. The number of methoxy groups -OCH3 is 1. The van der Waals surface area contributed by atoms with E-state index in [1.807, 2.05) is 30.3 Å². The van der Waals surface area contributed by atoms with Crippen LogP contribution in [0.15, 0.2) is 42.5 Å². The second-order valence-electron chi connectivity index (χ2n) is 8.88. The lowest BCUT2D eigenvalue weighted by Crippen LogP contribution is -2.41. The molecule has 0 radical (unpaired) electrons. The SMILES string of the molecule is COc1ccc(C2CCC3(C)C(=O)B(C#N)C(C)C3C2c2ccc(Cl)cc2)c(Cl)c1. The lowest BCUT2D eigenvalue weighted by atomic mass is 9.42. The van der Waals surface area contributed by atoms with Crippen molar-refractivity contribution in [2.45, 2.75) is 44.3 Å². The average molecular weight is 440 g/mol. The molecule has 1 saturated carbocycles. The average Bonchev–Trinajstić information content (AvgIpc) is 2.93. The third-order valence-electron chi connectivity index (χ3n) is 7.47. The van der Waals surface area contributed by atoms with Gasteiger partial charge in [-0.3, -0.25) is 0 Å². The fraction of sp³-hybridized carbons (Fsp3) is 0.417. The van der Waals surface area contributed by atoms with Crippen LogP contribution in [0.3, 0.4) is 0 Å². The third-order valence-corrected chi connectivity index (χ3v) is 8.05. The Morgan fingerprint density at radius 2 is 1.90 bits per heavy atom. The van der Waals surface area contributed by atoms with Gasteiger partial charge in [-0.25, -0.2) is 5.26 Å². The van der Waals surface area contributed by atoms with Crippen molar-refractivity contribution in [3.05, 3.63) is 63.6 Å². The van der Waals surface area contributed by atoms with Crippen molar-refractivity contribution >= 4 is 35.6 Å². The molecule has 0 aromatic heterocycles. The molecular weight excluding hydrogens is 416 g/mol. The number of benzene rings is 2. The summed E-state index contributed by atoms with van der Waals surface area (Å²) in [5.74, 6) is 3.28. The van der Waals surface area contributed by atoms with Crippen molar-refractivity contribution in [2.24, 2.45) is 11.3 Å². The maximum Gasteiger partial charge on any atom is 0.348 e. The summed E-state index contributed by atoms with van der Waals surface area (Å²) in [4.78, 5) is 13.2. The number of rotatable bonds is 3. The second-order valence-corrected chi connectivity index (χ2v) is 9.73. The van der Waals surface area contributed by atoms with Crippen LogP contribution >= 0.6 is 23.2 Å². The lowest BCUT2D eigenvalue weighted by Gasteiger charge is -2.48. The van der Waals surface area contributed by atoms with Gasteiger partial charge in [0.25, 0.3) is 0 Å². The Morgan fingerprint density at radius 1 is 1.20 bits per heavy atom. The van der Waals surface area contributed by atoms with Crippen LogP contribution in [0.1, 0.15) is 49.7 Å². The first-order valence-corrected chi connectivity index (χ1v) is 11.1. The molecule has 6 heteroatoms. The van der Waals surface area contributed by atoms with Gasteiger partial charge < -0.3 is 9.53 Å². The van der Waals surface area contributed by atoms with Crippen LogP contribution < -0.4 is 4.74 Å². The number of fused-ring (bicyclic) bond motifs is 1. The first-order chi connectivity index (χ1) is 14.3. The predicted molar refractivity (Wildman–Crippen MR) is 122 cm³/mol. The standard InChI is InChI=1S/C24H24BCl2NO2/c1-14-22-21(15-4-6-16(26)7-5-15)19(18-9-8-17(30-3)12-20(18)27)10-11-24(22,2)23(29)25(14)13-28/h4-9,12,14,19,21-22H,10-11H2,1-3H3. The molecule has 1 heterocycles. The Hall–Kier alpha value is -1.96. The summed E-state index contributed by atoms with van der Waals surface area (Å²) in [6, 6.07) is 13.7. The van der Waals surface area contributed by atoms with Gasteiger partial charge in [0.2, 0.25) is 0 Å². The highest BCUT2D eigenvalue weighted by Crippen LogP contribution is 2.63. The van der Waals surface area contributed by atoms with E-state index >= 15 is 0 Å². The van der Waals surface area contributed by atoms with Crippen LogP contribution in [-0.2, 0) is 4.79 Å². The summed E-state index contributed by atoms with van der Waals surface area (Å²) in [5.41, 5.74) is 1.81. The Bertz CT molecular complexity index is 1020. The summed E-state index contributed by atoms with van der Waals surface area (Å²) >= 11 is 12.9. The van der Waals surface area contributed by atoms with Gasteiger partial charge in [-0.05, 0) is 71.8 Å². The highest BCUT2D eigenvalue weighted by atomic mass is 35.5. The molecule has 0 spiro atoms. The number of carbonyl (C=O) groups is 1. The van der Waals surface area contributed by atoms with E-state index in [0.717, 1.165) is 29.7 Å². The molecule has 2 aliphatic rings. The van der Waals surface area contributed by atoms with Crippen LogP contribution in [0.2, 0.25) is 15.9 Å². The minimum atomic E-state index is -0.556. The number of ether oxygens (including phenoxy) is 1. The summed E-state index contributed by atoms with van der Waals surface area (Å²) < 4.78 is 5.33. The predicted octanol–water partition coefficient (Wildman–Crippen LogP) is 6.36. The Morgan fingerprint density at radius 3 is 2.50 bits per heavy atom. The molecule has 4 rings (SSSR count). The normalized spacial score (nSPS) is 30.7. The van der Waals surface area contributed by atoms with Crippen molar-refractivity contribution in [3.8, 4) is 11.7 Å². The van der Waals surface area contributed by atoms with Crippen LogP contribution in [0.25, 0.3) is 0 Å². The third kappa shape index (κ3) is 3.24. The zero-order valence-electron chi connectivity index (χ0n) is 17.4. The molecule has 0 N–H and O–H groups in total. The van der Waals surface area contributed by atoms with E-state index in [9.17, 15) is 10.1 Å². The molecule has 1 saturated heterocycles. The highest BCUT2D eigenvalue weighted by molar-refractivity contribution is 6.98. The van der Waals surface area contributed by atoms with E-state index in [-0.39, 0.29) is 29.3 Å². The van der Waals surface area contributed by atoms with Gasteiger partial charge in [0.1, 0.15) is 11.4 Å². The summed E-state index contributed by atoms with van der Waals surface area (Å²) in [5, 5.41) is 11.1. The minimum absolute atomic E-state index is 0.0204. The van der Waals surface area contributed by atoms with Crippen molar-refractivity contribution < 1.29 is 9.53 Å². The minimum Gasteiger partial charge on any atom is -0.497 e. The van der Waals surface area contributed by atoms with Gasteiger partial charge in [0.15, 0.2) is 0 Å². The van der Waals surface area contributed by atoms with E-state index in [0.29, 0.717) is 10.0 Å². The van der Waals surface area contributed by atoms with Crippen molar-refractivity contribution in [1.29, 1.82) is 5.26 Å². The van der Waals surface area contributed by atoms with Crippen LogP contribution in [0.4, 0.5) is 0 Å². The van der Waals surface area contributed by atoms with Crippen LogP contribution in [-0.4, -0.2) is 19.5 Å². The van der Waals surface area contributed by atoms with Crippen molar-refractivity contribution in [1.82, 2.24) is 0 Å². The topological polar surface area (TPSA) is 50.1 Å². The number of carbonyl (C=O) groups excluding carboxylic acids is 1. The summed E-state index contributed by atoms with van der Waals surface area (Å²) in [7, 11) is 1.63. The van der Waals surface area contributed by atoms with Crippen molar-refractivity contribution in [3.63, 3.8) is 0 Å². The smallest absolute Gasteiger partial charge is 0.348 e. The maximum absolute atomic E-state index is 13.2. The molecule has 2 aromatic rings. The van der Waals surface area contributed by atoms with E-state index in [1.165, 1.54) is 0 Å². The molecular formula is C24H24BCl2NO2. The van der Waals surface area contributed by atoms with Gasteiger partial charge in [-0.2, -0.15) is 0 Å². The molecule has 30 heavy (non-hydrogen) atoms. The zero-order valence-corrected chi connectivity index (χ0v) is 18.9. The molecule has 5 unspecified atom stereocenters. The molecule has 2 aromatic carbocycles. The molecule has 1 aliphatic heterocycles. The lowest BCUT2D eigenvalue weighted by molar-refractivity contribution is -0.123. The fourth-order valence-corrected chi connectivity index (χ4v) is 6.47. The monoisotopic (exact) mass is 439 g/mol. The van der Waals surface area contributed by atoms with E-state index in [1.54, 1.807) is 7.11 Å². The number of nitrogens with zero attached hydrogens (tertiary/aromatic N) is 1. The van der Waals surface area contributed by atoms with Crippen molar-refractivity contribution in [2.75, 3.05) is 7.11 Å². The number of halogens is 2. The van der Waals surface area contributed by atoms with Gasteiger partial charge in [-0.1, -0.05) is 55.2 Å². The first kappa shape index (κ1) is 21.3. The Balaban J connectivity index is 1.87. The fourth-order valence-electron chi connectivity index (χ4n) is 6.03. The van der Waals surface area contributed by atoms with E-state index in [2.05, 4.69) is 31.9 Å². The van der Waals surface area contributed by atoms with Gasteiger partial charge in [0, 0.05) is 21.4 Å². The molecule has 0 bridgehead atoms. The van der Waals surface area contributed by atoms with E-state index in [4.69, 9.17) is 27.9 Å². The Labute approximate surface area is 188 Å². The molecule has 2 fully saturated rings. The number of hydrogen-bond acceptors (Lipinski definition) is 3. The van der Waals surface area contributed by atoms with Gasteiger partial charge in [0.05, 0.1) is 7.11 Å². The second kappa shape index (κ2) is 7.95. The van der Waals surface area contributed by atoms with Gasteiger partial charge >= 0.3 is 6.71 Å². The highest BCUT2D eigenvalue weighted by Gasteiger charge is 2.63. The largest absolute Gasteiger partial charge is 0.497 e. The van der Waals surface area contributed by atoms with E-state index < -0.39 is 12.1 Å². The first-order valence-electron chi connectivity index (χ1n) is 10.3. The quantitative estimate of drug-likeness (QED) is 0.523. The molecule has 3 nitrogen and oxygen atoms in total. The molecule has 5 atom stereocenters. The number of nitriles is 1. The molecule has 154 valence electrons. The maximum atomic E-state index is 13.2. The Kier molecular flexibility index (Phi) is 5.64.